The molecule has 0 aromatic rings. The van der Waals surface area contributed by atoms with Crippen molar-refractivity contribution >= 4 is 53.4 Å². The van der Waals surface area contributed by atoms with Gasteiger partial charge in [0, 0.05) is 26.2 Å². The van der Waals surface area contributed by atoms with Crippen LogP contribution in [0.2, 0.25) is 0 Å². The number of nitrogens with two attached hydrogens (primary N) is 10. The van der Waals surface area contributed by atoms with E-state index in [4.69, 9.17) is 57.3 Å². The smallest absolute Gasteiger partial charge is 0.243 e. The third-order valence-electron chi connectivity index (χ3n) is 6.82. The van der Waals surface area contributed by atoms with Gasteiger partial charge in [0.2, 0.25) is 29.5 Å². The molecule has 0 saturated carbocycles. The minimum atomic E-state index is -1.23. The number of nitrogens with zero attached hydrogens (tertiary/aromatic N) is 4. The summed E-state index contributed by atoms with van der Waals surface area (Å²) < 4.78 is 0. The second-order valence-electron chi connectivity index (χ2n) is 11.2. The van der Waals surface area contributed by atoms with Gasteiger partial charge in [-0.2, -0.15) is 0 Å². The Morgan fingerprint density at radius 2 is 0.740 bits per heavy atom. The van der Waals surface area contributed by atoms with Gasteiger partial charge in [-0.05, 0) is 58.3 Å². The van der Waals surface area contributed by atoms with Crippen molar-refractivity contribution in [2.75, 3.05) is 26.2 Å². The molecule has 0 bridgehead atoms. The largest absolute Gasteiger partial charge is 0.370 e. The lowest BCUT2D eigenvalue weighted by Gasteiger charge is -2.26. The van der Waals surface area contributed by atoms with Crippen molar-refractivity contribution in [2.24, 2.45) is 77.3 Å². The summed E-state index contributed by atoms with van der Waals surface area (Å²) in [5, 5.41) is 10.3. The Morgan fingerprint density at radius 3 is 1.04 bits per heavy atom. The normalized spacial score (nSPS) is 13.5. The summed E-state index contributed by atoms with van der Waals surface area (Å²) in [5.41, 5.74) is 54.3. The summed E-state index contributed by atoms with van der Waals surface area (Å²) in [6.07, 6.45) is 1.52. The molecule has 0 rings (SSSR count). The molecule has 0 aromatic carbocycles. The zero-order valence-electron chi connectivity index (χ0n) is 28.5. The van der Waals surface area contributed by atoms with E-state index < -0.39 is 59.7 Å². The maximum absolute atomic E-state index is 13.6. The molecule has 24 N–H and O–H groups in total. The predicted molar refractivity (Wildman–Crippen MR) is 190 cm³/mol. The monoisotopic (exact) mass is 712 g/mol. The van der Waals surface area contributed by atoms with Gasteiger partial charge in [0.1, 0.15) is 24.2 Å². The lowest BCUT2D eigenvalue weighted by atomic mass is 10.0. The molecule has 284 valence electrons. The van der Waals surface area contributed by atoms with Crippen LogP contribution >= 0.6 is 0 Å². The standard InChI is InChI=1S/C27H56N18O5/c1-14(19(29)46)42-21(48)16(7-3-11-39-25(32)33)44-23(50)18(9-5-13-41-27(36)37)45-22(49)17(8-4-12-40-26(34)35)43-20(47)15(28)6-2-10-38-24(30)31/h14-18H,2-13,28H2,1H3,(H2,29,46)(H,42,48)(H,43,47)(H,44,50)(H,45,49)(H4,30,31,38)(H4,32,33,39)(H4,34,35,40)(H4,36,37,41)/t14-,15-,16-,17-,18-/m0/s1. The molecule has 23 nitrogen and oxygen atoms in total. The van der Waals surface area contributed by atoms with Crippen LogP contribution in [0, 0.1) is 0 Å². The summed E-state index contributed by atoms with van der Waals surface area (Å²) in [5.74, 6) is -4.21. The van der Waals surface area contributed by atoms with E-state index in [0.717, 1.165) is 0 Å². The van der Waals surface area contributed by atoms with Crippen molar-refractivity contribution in [3.63, 3.8) is 0 Å². The highest BCUT2D eigenvalue weighted by atomic mass is 16.2. The number of rotatable bonds is 25. The molecular weight excluding hydrogens is 656 g/mol. The van der Waals surface area contributed by atoms with E-state index in [1.54, 1.807) is 0 Å². The van der Waals surface area contributed by atoms with Gasteiger partial charge in [-0.3, -0.25) is 43.9 Å². The number of guanidine groups is 4. The van der Waals surface area contributed by atoms with Crippen LogP contribution in [0.15, 0.2) is 20.0 Å². The molecule has 0 heterocycles. The lowest BCUT2D eigenvalue weighted by molar-refractivity contribution is -0.134. The van der Waals surface area contributed by atoms with Gasteiger partial charge < -0.3 is 78.6 Å². The third kappa shape index (κ3) is 21.3. The van der Waals surface area contributed by atoms with Crippen LogP contribution in [0.1, 0.15) is 58.3 Å². The average Bonchev–Trinajstić information content (AvgIpc) is 3.02. The van der Waals surface area contributed by atoms with Crippen molar-refractivity contribution in [1.82, 2.24) is 21.3 Å². The molecule has 0 saturated heterocycles. The SMILES string of the molecule is C[C@H](NC(=O)[C@H](CCCN=C(N)N)NC(=O)[C@H](CCCN=C(N)N)NC(=O)[C@H](CCCN=C(N)N)NC(=O)[C@@H](N)CCCN=C(N)N)C(N)=O. The quantitative estimate of drug-likeness (QED) is 0.0238. The Morgan fingerprint density at radius 1 is 0.460 bits per heavy atom. The summed E-state index contributed by atoms with van der Waals surface area (Å²) in [6.45, 7) is 2.03. The van der Waals surface area contributed by atoms with Crippen LogP contribution in [-0.4, -0.2) is 110 Å². The van der Waals surface area contributed by atoms with Crippen LogP contribution in [0.25, 0.3) is 0 Å². The van der Waals surface area contributed by atoms with Gasteiger partial charge in [0.15, 0.2) is 23.8 Å². The zero-order chi connectivity index (χ0) is 38.2. The summed E-state index contributed by atoms with van der Waals surface area (Å²) >= 11 is 0. The molecule has 0 spiro atoms. The second-order valence-corrected chi connectivity index (χ2v) is 11.2. The van der Waals surface area contributed by atoms with E-state index >= 15 is 0 Å². The van der Waals surface area contributed by atoms with Gasteiger partial charge in [0.25, 0.3) is 0 Å². The minimum Gasteiger partial charge on any atom is -0.370 e. The van der Waals surface area contributed by atoms with Crippen molar-refractivity contribution < 1.29 is 24.0 Å². The molecule has 0 radical (unpaired) electrons. The fraction of sp³-hybridized carbons (Fsp3) is 0.667. The summed E-state index contributed by atoms with van der Waals surface area (Å²) in [4.78, 5) is 80.3. The van der Waals surface area contributed by atoms with Crippen LogP contribution in [0.5, 0.6) is 0 Å². The molecule has 0 unspecified atom stereocenters. The van der Waals surface area contributed by atoms with E-state index in [0.29, 0.717) is 6.42 Å². The molecule has 0 aliphatic rings. The number of nitrogens with one attached hydrogen (secondary N) is 4. The first-order chi connectivity index (χ1) is 23.4. The first-order valence-electron chi connectivity index (χ1n) is 15.9. The first kappa shape index (κ1) is 44.4. The number of hydrogen-bond acceptors (Lipinski definition) is 10. The molecule has 0 aliphatic heterocycles. The van der Waals surface area contributed by atoms with Crippen molar-refractivity contribution in [2.45, 2.75) is 88.5 Å². The molecule has 50 heavy (non-hydrogen) atoms. The van der Waals surface area contributed by atoms with Gasteiger partial charge in [0.05, 0.1) is 6.04 Å². The van der Waals surface area contributed by atoms with Gasteiger partial charge >= 0.3 is 0 Å². The van der Waals surface area contributed by atoms with Gasteiger partial charge in [-0.25, -0.2) is 0 Å². The highest BCUT2D eigenvalue weighted by molar-refractivity contribution is 5.95. The number of carbonyl (C=O) groups excluding carboxylic acids is 5. The Hall–Kier alpha value is -5.61. The number of hydrogen-bond donors (Lipinski definition) is 14. The molecule has 5 atom stereocenters. The Bertz CT molecular complexity index is 1220. The maximum atomic E-state index is 13.6. The van der Waals surface area contributed by atoms with Gasteiger partial charge in [-0.1, -0.05) is 0 Å². The second kappa shape index (κ2) is 24.5. The molecule has 0 aliphatic carbocycles. The Labute approximate surface area is 290 Å². The molecule has 0 aromatic heterocycles. The summed E-state index contributed by atoms with van der Waals surface area (Å²) in [7, 11) is 0. The molecule has 0 fully saturated rings. The highest BCUT2D eigenvalue weighted by Crippen LogP contribution is 2.07. The fourth-order valence-electron chi connectivity index (χ4n) is 4.18. The number of amides is 5. The number of primary amides is 1. The van der Waals surface area contributed by atoms with Crippen LogP contribution in [-0.2, 0) is 24.0 Å². The lowest BCUT2D eigenvalue weighted by Crippen LogP contribution is -2.58. The fourth-order valence-corrected chi connectivity index (χ4v) is 4.18. The third-order valence-corrected chi connectivity index (χ3v) is 6.82. The average molecular weight is 713 g/mol. The van der Waals surface area contributed by atoms with E-state index in [9.17, 15) is 24.0 Å². The van der Waals surface area contributed by atoms with Crippen molar-refractivity contribution in [3.05, 3.63) is 0 Å². The Kier molecular flexibility index (Phi) is 21.8. The molecule has 23 heteroatoms. The highest BCUT2D eigenvalue weighted by Gasteiger charge is 2.30. The first-order valence-corrected chi connectivity index (χ1v) is 15.9. The molecule has 5 amide bonds. The van der Waals surface area contributed by atoms with Gasteiger partial charge in [-0.15, -0.1) is 0 Å². The van der Waals surface area contributed by atoms with Crippen LogP contribution < -0.4 is 78.6 Å². The van der Waals surface area contributed by atoms with E-state index in [1.165, 1.54) is 6.92 Å². The van der Waals surface area contributed by atoms with Crippen LogP contribution in [0.3, 0.4) is 0 Å². The molecular formula is C27H56N18O5. The summed E-state index contributed by atoms with van der Waals surface area (Å²) in [6, 6.07) is -5.62. The van der Waals surface area contributed by atoms with E-state index in [-0.39, 0.29) is 95.0 Å². The predicted octanol–water partition coefficient (Wildman–Crippen LogP) is -7.03. The topological polar surface area (TPSA) is 443 Å². The van der Waals surface area contributed by atoms with E-state index in [1.807, 2.05) is 0 Å². The van der Waals surface area contributed by atoms with E-state index in [2.05, 4.69) is 41.2 Å². The minimum absolute atomic E-state index is 0.0212. The number of carbonyl (C=O) groups is 5. The van der Waals surface area contributed by atoms with Crippen molar-refractivity contribution in [1.29, 1.82) is 0 Å². The number of aliphatic imine (C=N–C) groups is 4. The maximum Gasteiger partial charge on any atom is 0.243 e. The van der Waals surface area contributed by atoms with Crippen LogP contribution in [0.4, 0.5) is 0 Å². The zero-order valence-corrected chi connectivity index (χ0v) is 28.5. The van der Waals surface area contributed by atoms with Crippen molar-refractivity contribution in [3.8, 4) is 0 Å². The Balaban J connectivity index is 6.13.